The first-order valence-corrected chi connectivity index (χ1v) is 6.98. The van der Waals surface area contributed by atoms with Crippen LogP contribution in [-0.4, -0.2) is 33.4 Å². The molecular formula is C15H15F2N3O4. The molecule has 2 rings (SSSR count). The first kappa shape index (κ1) is 17.4. The van der Waals surface area contributed by atoms with Gasteiger partial charge in [0.2, 0.25) is 0 Å². The highest BCUT2D eigenvalue weighted by Gasteiger charge is 2.18. The van der Waals surface area contributed by atoms with Crippen molar-refractivity contribution in [1.82, 2.24) is 9.78 Å². The molecule has 0 aliphatic heterocycles. The molecule has 0 spiro atoms. The molecule has 2 aromatic rings. The predicted molar refractivity (Wildman–Crippen MR) is 80.6 cm³/mol. The van der Waals surface area contributed by atoms with Crippen LogP contribution in [0.4, 0.5) is 14.5 Å². The number of rotatable bonds is 6. The number of hydrogen-bond acceptors (Lipinski definition) is 4. The first-order valence-electron chi connectivity index (χ1n) is 6.98. The summed E-state index contributed by atoms with van der Waals surface area (Å²) in [5.41, 5.74) is 0.632. The van der Waals surface area contributed by atoms with Crippen molar-refractivity contribution in [3.63, 3.8) is 0 Å². The molecule has 0 unspecified atom stereocenters. The Morgan fingerprint density at radius 1 is 1.38 bits per heavy atom. The maximum Gasteiger partial charge on any atom is 0.387 e. The summed E-state index contributed by atoms with van der Waals surface area (Å²) in [6.07, 6.45) is 0.633. The zero-order valence-electron chi connectivity index (χ0n) is 12.9. The molecule has 0 aliphatic rings. The third-order valence-electron chi connectivity index (χ3n) is 3.22. The van der Waals surface area contributed by atoms with Crippen molar-refractivity contribution >= 4 is 17.6 Å². The van der Waals surface area contributed by atoms with E-state index >= 15 is 0 Å². The van der Waals surface area contributed by atoms with Gasteiger partial charge in [0.25, 0.3) is 5.91 Å². The second-order valence-corrected chi connectivity index (χ2v) is 4.85. The van der Waals surface area contributed by atoms with Gasteiger partial charge in [0.05, 0.1) is 16.9 Å². The van der Waals surface area contributed by atoms with Gasteiger partial charge >= 0.3 is 12.6 Å². The number of aromatic nitrogens is 2. The van der Waals surface area contributed by atoms with Crippen molar-refractivity contribution < 1.29 is 28.2 Å². The molecule has 0 saturated heterocycles. The Morgan fingerprint density at radius 2 is 2.08 bits per heavy atom. The smallest absolute Gasteiger partial charge is 0.387 e. The van der Waals surface area contributed by atoms with Gasteiger partial charge in [-0.1, -0.05) is 6.92 Å². The van der Waals surface area contributed by atoms with Gasteiger partial charge in [0.1, 0.15) is 11.4 Å². The number of aryl methyl sites for hydroxylation is 2. The minimum absolute atomic E-state index is 0.0652. The van der Waals surface area contributed by atoms with Gasteiger partial charge in [-0.05, 0) is 30.7 Å². The fourth-order valence-electron chi connectivity index (χ4n) is 2.05. The molecule has 0 aliphatic carbocycles. The molecule has 9 heteroatoms. The van der Waals surface area contributed by atoms with Crippen molar-refractivity contribution in [2.24, 2.45) is 7.05 Å². The van der Waals surface area contributed by atoms with E-state index in [0.29, 0.717) is 12.1 Å². The van der Waals surface area contributed by atoms with Crippen LogP contribution in [0.3, 0.4) is 0 Å². The lowest BCUT2D eigenvalue weighted by Gasteiger charge is -2.12. The molecular weight excluding hydrogens is 324 g/mol. The van der Waals surface area contributed by atoms with Gasteiger partial charge < -0.3 is 15.2 Å². The third kappa shape index (κ3) is 3.86. The van der Waals surface area contributed by atoms with Crippen molar-refractivity contribution in [2.75, 3.05) is 5.32 Å². The minimum atomic E-state index is -3.16. The van der Waals surface area contributed by atoms with Crippen LogP contribution in [-0.2, 0) is 13.5 Å². The van der Waals surface area contributed by atoms with Crippen LogP contribution in [0.25, 0.3) is 0 Å². The number of carbonyl (C=O) groups excluding carboxylic acids is 1. The summed E-state index contributed by atoms with van der Waals surface area (Å²) in [6, 6.07) is 4.87. The number of carbonyl (C=O) groups is 2. The Morgan fingerprint density at radius 3 is 2.62 bits per heavy atom. The summed E-state index contributed by atoms with van der Waals surface area (Å²) in [4.78, 5) is 23.2. The summed E-state index contributed by atoms with van der Waals surface area (Å²) >= 11 is 0. The Kier molecular flexibility index (Phi) is 5.12. The number of benzene rings is 1. The number of carboxylic acids is 1. The Balaban J connectivity index is 2.31. The molecule has 24 heavy (non-hydrogen) atoms. The van der Waals surface area contributed by atoms with E-state index in [0.717, 1.165) is 6.07 Å². The largest absolute Gasteiger partial charge is 0.478 e. The van der Waals surface area contributed by atoms with Crippen molar-refractivity contribution in [3.8, 4) is 5.75 Å². The summed E-state index contributed by atoms with van der Waals surface area (Å²) in [6.45, 7) is -1.28. The molecule has 0 radical (unpaired) electrons. The summed E-state index contributed by atoms with van der Waals surface area (Å²) in [7, 11) is 1.58. The van der Waals surface area contributed by atoms with E-state index < -0.39 is 24.2 Å². The van der Waals surface area contributed by atoms with E-state index in [1.54, 1.807) is 13.1 Å². The number of carboxylic acid groups (broad SMARTS) is 1. The van der Waals surface area contributed by atoms with Gasteiger partial charge in [0, 0.05) is 7.05 Å². The first-order chi connectivity index (χ1) is 11.3. The van der Waals surface area contributed by atoms with Gasteiger partial charge in [-0.15, -0.1) is 0 Å². The number of ether oxygens (including phenoxy) is 1. The molecule has 1 aromatic carbocycles. The van der Waals surface area contributed by atoms with E-state index in [4.69, 9.17) is 5.11 Å². The highest BCUT2D eigenvalue weighted by Crippen LogP contribution is 2.28. The molecule has 1 heterocycles. The maximum absolute atomic E-state index is 12.5. The van der Waals surface area contributed by atoms with Crippen LogP contribution in [0.15, 0.2) is 24.3 Å². The number of alkyl halides is 2. The van der Waals surface area contributed by atoms with Gasteiger partial charge in [0.15, 0.2) is 0 Å². The van der Waals surface area contributed by atoms with Gasteiger partial charge in [-0.25, -0.2) is 4.79 Å². The van der Waals surface area contributed by atoms with Crippen molar-refractivity contribution in [3.05, 3.63) is 41.2 Å². The lowest BCUT2D eigenvalue weighted by Crippen LogP contribution is -2.17. The van der Waals surface area contributed by atoms with E-state index in [1.807, 2.05) is 6.92 Å². The molecule has 1 aromatic heterocycles. The van der Waals surface area contributed by atoms with Crippen LogP contribution >= 0.6 is 0 Å². The summed E-state index contributed by atoms with van der Waals surface area (Å²) in [5, 5.41) is 15.5. The number of hydrogen-bond donors (Lipinski definition) is 2. The average molecular weight is 339 g/mol. The number of nitrogens with one attached hydrogen (secondary N) is 1. The monoisotopic (exact) mass is 339 g/mol. The van der Waals surface area contributed by atoms with E-state index in [-0.39, 0.29) is 16.9 Å². The molecule has 2 N–H and O–H groups in total. The van der Waals surface area contributed by atoms with Gasteiger partial charge in [-0.3, -0.25) is 9.48 Å². The topological polar surface area (TPSA) is 93.5 Å². The standard InChI is InChI=1S/C15H15F2N3O4/c1-3-9-7-11(20(2)19-9)13(21)18-10-5-4-8(14(22)23)6-12(10)24-15(16)17/h4-7,15H,3H2,1-2H3,(H,18,21)(H,22,23). The number of anilines is 1. The van der Waals surface area contributed by atoms with E-state index in [2.05, 4.69) is 15.2 Å². The normalized spacial score (nSPS) is 10.7. The zero-order chi connectivity index (χ0) is 17.9. The summed E-state index contributed by atoms with van der Waals surface area (Å²) < 4.78 is 30.7. The summed E-state index contributed by atoms with van der Waals surface area (Å²) in [5.74, 6) is -2.31. The lowest BCUT2D eigenvalue weighted by molar-refractivity contribution is -0.0494. The molecule has 0 atom stereocenters. The van der Waals surface area contributed by atoms with Crippen molar-refractivity contribution in [1.29, 1.82) is 0 Å². The number of nitrogens with zero attached hydrogens (tertiary/aromatic N) is 2. The van der Waals surface area contributed by atoms with E-state index in [9.17, 15) is 18.4 Å². The Labute approximate surface area is 135 Å². The van der Waals surface area contributed by atoms with Crippen molar-refractivity contribution in [2.45, 2.75) is 20.0 Å². The molecule has 128 valence electrons. The Bertz CT molecular complexity index is 774. The second kappa shape index (κ2) is 7.07. The highest BCUT2D eigenvalue weighted by molar-refractivity contribution is 6.04. The van der Waals surface area contributed by atoms with Crippen LogP contribution in [0.2, 0.25) is 0 Å². The zero-order valence-corrected chi connectivity index (χ0v) is 12.9. The maximum atomic E-state index is 12.5. The fourth-order valence-corrected chi connectivity index (χ4v) is 2.05. The number of amides is 1. The van der Waals surface area contributed by atoms with Crippen LogP contribution in [0.5, 0.6) is 5.75 Å². The number of halogens is 2. The minimum Gasteiger partial charge on any atom is -0.478 e. The number of aromatic carboxylic acids is 1. The SMILES string of the molecule is CCc1cc(C(=O)Nc2ccc(C(=O)O)cc2OC(F)F)n(C)n1. The average Bonchev–Trinajstić information content (AvgIpc) is 2.89. The van der Waals surface area contributed by atoms with Crippen LogP contribution in [0, 0.1) is 0 Å². The predicted octanol–water partition coefficient (Wildman–Crippen LogP) is 2.53. The second-order valence-electron chi connectivity index (χ2n) is 4.85. The molecule has 0 saturated carbocycles. The third-order valence-corrected chi connectivity index (χ3v) is 3.22. The van der Waals surface area contributed by atoms with Crippen LogP contribution < -0.4 is 10.1 Å². The Hall–Kier alpha value is -2.97. The van der Waals surface area contributed by atoms with Gasteiger partial charge in [-0.2, -0.15) is 13.9 Å². The molecule has 7 nitrogen and oxygen atoms in total. The lowest BCUT2D eigenvalue weighted by atomic mass is 10.2. The quantitative estimate of drug-likeness (QED) is 0.843. The highest BCUT2D eigenvalue weighted by atomic mass is 19.3. The van der Waals surface area contributed by atoms with E-state index in [1.165, 1.54) is 16.8 Å². The fraction of sp³-hybridized carbons (Fsp3) is 0.267. The molecule has 0 bridgehead atoms. The molecule has 1 amide bonds. The molecule has 0 fully saturated rings. The van der Waals surface area contributed by atoms with Crippen LogP contribution in [0.1, 0.15) is 33.5 Å².